The summed E-state index contributed by atoms with van der Waals surface area (Å²) in [6, 6.07) is 13.5. The molecule has 0 atom stereocenters. The van der Waals surface area contributed by atoms with Crippen molar-refractivity contribution in [1.29, 1.82) is 0 Å². The van der Waals surface area contributed by atoms with Crippen molar-refractivity contribution in [3.8, 4) is 0 Å². The van der Waals surface area contributed by atoms with Crippen LogP contribution in [0.3, 0.4) is 0 Å². The Labute approximate surface area is 172 Å². The largest absolute Gasteiger partial charge is 0.357 e. The maximum absolute atomic E-state index is 11.9. The zero-order valence-corrected chi connectivity index (χ0v) is 17.0. The van der Waals surface area contributed by atoms with Crippen molar-refractivity contribution in [2.75, 3.05) is 24.5 Å². The molecule has 0 radical (unpaired) electrons. The van der Waals surface area contributed by atoms with Gasteiger partial charge in [0.05, 0.1) is 0 Å². The maximum Gasteiger partial charge on any atom is 0.315 e. The van der Waals surface area contributed by atoms with Crippen LogP contribution in [0.4, 0.5) is 10.6 Å². The summed E-state index contributed by atoms with van der Waals surface area (Å²) < 4.78 is 0. The summed E-state index contributed by atoms with van der Waals surface area (Å²) in [4.78, 5) is 18.7. The second kappa shape index (κ2) is 10.9. The first kappa shape index (κ1) is 20.5. The van der Waals surface area contributed by atoms with E-state index in [1.54, 1.807) is 0 Å². The highest BCUT2D eigenvalue weighted by Gasteiger charge is 2.19. The third-order valence-corrected chi connectivity index (χ3v) is 5.53. The fourth-order valence-corrected chi connectivity index (χ4v) is 3.72. The van der Waals surface area contributed by atoms with Gasteiger partial charge in [-0.3, -0.25) is 0 Å². The number of carbonyl (C=O) groups is 1. The highest BCUT2D eigenvalue weighted by Crippen LogP contribution is 2.25. The normalized spacial score (nSPS) is 14.7. The van der Waals surface area contributed by atoms with E-state index >= 15 is 0 Å². The summed E-state index contributed by atoms with van der Waals surface area (Å²) in [5, 5.41) is 6.52. The summed E-state index contributed by atoms with van der Waals surface area (Å²) in [7, 11) is 0. The molecule has 150 valence electrons. The highest BCUT2D eigenvalue weighted by molar-refractivity contribution is 6.30. The fourth-order valence-electron chi connectivity index (χ4n) is 3.60. The Morgan fingerprint density at radius 1 is 1.07 bits per heavy atom. The number of nitrogens with zero attached hydrogens (tertiary/aromatic N) is 2. The molecule has 0 saturated carbocycles. The van der Waals surface area contributed by atoms with Crippen molar-refractivity contribution in [1.82, 2.24) is 15.6 Å². The van der Waals surface area contributed by atoms with Crippen LogP contribution < -0.4 is 15.5 Å². The molecule has 0 unspecified atom stereocenters. The summed E-state index contributed by atoms with van der Waals surface area (Å²) in [5.74, 6) is 1.88. The Morgan fingerprint density at radius 3 is 2.57 bits per heavy atom. The minimum atomic E-state index is -0.112. The van der Waals surface area contributed by atoms with Crippen LogP contribution in [0.1, 0.15) is 37.7 Å². The van der Waals surface area contributed by atoms with Crippen molar-refractivity contribution in [3.63, 3.8) is 0 Å². The van der Waals surface area contributed by atoms with E-state index in [0.717, 1.165) is 49.8 Å². The van der Waals surface area contributed by atoms with Gasteiger partial charge in [0.25, 0.3) is 0 Å². The molecule has 2 aromatic rings. The molecule has 1 aliphatic rings. The van der Waals surface area contributed by atoms with Crippen LogP contribution in [0.5, 0.6) is 0 Å². The number of hydrogen-bond acceptors (Lipinski definition) is 3. The zero-order valence-electron chi connectivity index (χ0n) is 16.2. The van der Waals surface area contributed by atoms with Gasteiger partial charge in [-0.25, -0.2) is 9.78 Å². The van der Waals surface area contributed by atoms with Crippen LogP contribution in [0.25, 0.3) is 0 Å². The van der Waals surface area contributed by atoms with Crippen molar-refractivity contribution < 1.29 is 4.79 Å². The number of nitrogens with one attached hydrogen (secondary N) is 2. The summed E-state index contributed by atoms with van der Waals surface area (Å²) >= 11 is 5.86. The number of anilines is 1. The molecular weight excluding hydrogens is 372 g/mol. The van der Waals surface area contributed by atoms with Crippen molar-refractivity contribution >= 4 is 23.4 Å². The highest BCUT2D eigenvalue weighted by atomic mass is 35.5. The molecule has 6 heteroatoms. The van der Waals surface area contributed by atoms with Gasteiger partial charge in [0.1, 0.15) is 5.82 Å². The van der Waals surface area contributed by atoms with Gasteiger partial charge in [-0.05, 0) is 55.0 Å². The van der Waals surface area contributed by atoms with E-state index in [1.165, 1.54) is 19.3 Å². The lowest BCUT2D eigenvalue weighted by Crippen LogP contribution is -2.35. The first-order valence-electron chi connectivity index (χ1n) is 10.1. The Morgan fingerprint density at radius 2 is 1.86 bits per heavy atom. The minimum absolute atomic E-state index is 0.112. The predicted molar refractivity (Wildman–Crippen MR) is 115 cm³/mol. The number of carbonyl (C=O) groups excluding carboxylic acids is 1. The monoisotopic (exact) mass is 400 g/mol. The second-order valence-electron chi connectivity index (χ2n) is 7.35. The van der Waals surface area contributed by atoms with Gasteiger partial charge in [-0.2, -0.15) is 0 Å². The Bertz CT molecular complexity index is 715. The molecule has 0 spiro atoms. The van der Waals surface area contributed by atoms with E-state index in [0.29, 0.717) is 11.6 Å². The van der Waals surface area contributed by atoms with Gasteiger partial charge in [0.2, 0.25) is 0 Å². The number of benzene rings is 1. The number of hydrogen-bond donors (Lipinski definition) is 2. The van der Waals surface area contributed by atoms with Gasteiger partial charge < -0.3 is 15.5 Å². The molecule has 0 aliphatic carbocycles. The average Bonchev–Trinajstić information content (AvgIpc) is 2.74. The molecule has 5 nitrogen and oxygen atoms in total. The predicted octanol–water partition coefficient (Wildman–Crippen LogP) is 4.62. The maximum atomic E-state index is 11.9. The quantitative estimate of drug-likeness (QED) is 0.635. The number of urea groups is 1. The smallest absolute Gasteiger partial charge is 0.315 e. The summed E-state index contributed by atoms with van der Waals surface area (Å²) in [6.07, 6.45) is 7.74. The topological polar surface area (TPSA) is 57.3 Å². The van der Waals surface area contributed by atoms with Gasteiger partial charge in [0, 0.05) is 37.4 Å². The molecule has 28 heavy (non-hydrogen) atoms. The third-order valence-electron chi connectivity index (χ3n) is 5.28. The Balaban J connectivity index is 1.22. The van der Waals surface area contributed by atoms with Crippen molar-refractivity contribution in [3.05, 3.63) is 59.2 Å². The molecule has 1 aliphatic heterocycles. The van der Waals surface area contributed by atoms with E-state index in [2.05, 4.69) is 26.6 Å². The second-order valence-corrected chi connectivity index (χ2v) is 7.79. The Hall–Kier alpha value is -2.27. The van der Waals surface area contributed by atoms with E-state index in [1.807, 2.05) is 42.6 Å². The lowest BCUT2D eigenvalue weighted by Gasteiger charge is -2.32. The SMILES string of the molecule is O=C(NCCCCC1CCN(c2ccccn2)CC1)NCc1ccc(Cl)cc1. The molecule has 2 heterocycles. The molecule has 1 aromatic carbocycles. The lowest BCUT2D eigenvalue weighted by atomic mass is 9.91. The standard InChI is InChI=1S/C22H29ClN4O/c23-20-9-7-19(8-10-20)17-26-22(28)25-14-3-1-5-18-11-15-27(16-12-18)21-6-2-4-13-24-21/h2,4,6-10,13,18H,1,3,5,11-12,14-17H2,(H2,25,26,28). The first-order chi connectivity index (χ1) is 13.7. The molecule has 3 rings (SSSR count). The van der Waals surface area contributed by atoms with E-state index in [-0.39, 0.29) is 6.03 Å². The number of unbranched alkanes of at least 4 members (excludes halogenated alkanes) is 1. The van der Waals surface area contributed by atoms with Crippen LogP contribution >= 0.6 is 11.6 Å². The van der Waals surface area contributed by atoms with E-state index < -0.39 is 0 Å². The van der Waals surface area contributed by atoms with Gasteiger partial charge in [0.15, 0.2) is 0 Å². The number of aromatic nitrogens is 1. The van der Waals surface area contributed by atoms with Crippen LogP contribution in [0, 0.1) is 5.92 Å². The number of amides is 2. The molecule has 1 aromatic heterocycles. The number of pyridine rings is 1. The molecule has 0 bridgehead atoms. The average molecular weight is 401 g/mol. The zero-order chi connectivity index (χ0) is 19.6. The van der Waals surface area contributed by atoms with Crippen molar-refractivity contribution in [2.24, 2.45) is 5.92 Å². The fraction of sp³-hybridized carbons (Fsp3) is 0.455. The molecule has 2 amide bonds. The van der Waals surface area contributed by atoms with Gasteiger partial charge in [-0.1, -0.05) is 42.6 Å². The first-order valence-corrected chi connectivity index (χ1v) is 10.5. The molecule has 2 N–H and O–H groups in total. The third kappa shape index (κ3) is 6.71. The number of halogens is 1. The lowest BCUT2D eigenvalue weighted by molar-refractivity contribution is 0.240. The summed E-state index contributed by atoms with van der Waals surface area (Å²) in [6.45, 7) is 3.41. The van der Waals surface area contributed by atoms with E-state index in [4.69, 9.17) is 11.6 Å². The van der Waals surface area contributed by atoms with Crippen LogP contribution in [-0.4, -0.2) is 30.6 Å². The number of rotatable bonds is 8. The van der Waals surface area contributed by atoms with Gasteiger partial charge >= 0.3 is 6.03 Å². The summed E-state index contributed by atoms with van der Waals surface area (Å²) in [5.41, 5.74) is 1.04. The van der Waals surface area contributed by atoms with Gasteiger partial charge in [-0.15, -0.1) is 0 Å². The number of piperidine rings is 1. The van der Waals surface area contributed by atoms with Crippen molar-refractivity contribution in [2.45, 2.75) is 38.6 Å². The molecule has 1 saturated heterocycles. The molecular formula is C22H29ClN4O. The minimum Gasteiger partial charge on any atom is -0.357 e. The van der Waals surface area contributed by atoms with Crippen LogP contribution in [-0.2, 0) is 6.54 Å². The van der Waals surface area contributed by atoms with Crippen LogP contribution in [0.15, 0.2) is 48.7 Å². The Kier molecular flexibility index (Phi) is 7.97. The van der Waals surface area contributed by atoms with Crippen LogP contribution in [0.2, 0.25) is 5.02 Å². The van der Waals surface area contributed by atoms with E-state index in [9.17, 15) is 4.79 Å². The molecule has 1 fully saturated rings.